The summed E-state index contributed by atoms with van der Waals surface area (Å²) in [5.41, 5.74) is 3.31. The van der Waals surface area contributed by atoms with Crippen LogP contribution in [0.15, 0.2) is 18.2 Å². The van der Waals surface area contributed by atoms with E-state index in [-0.39, 0.29) is 5.91 Å². The third-order valence-corrected chi connectivity index (χ3v) is 2.75. The Hall–Kier alpha value is -1.50. The van der Waals surface area contributed by atoms with Gasteiger partial charge in [0.15, 0.2) is 0 Å². The Morgan fingerprint density at radius 3 is 2.68 bits per heavy atom. The highest BCUT2D eigenvalue weighted by Crippen LogP contribution is 2.03. The van der Waals surface area contributed by atoms with Crippen molar-refractivity contribution in [1.29, 1.82) is 0 Å². The molecule has 0 radical (unpaired) electrons. The van der Waals surface area contributed by atoms with Crippen molar-refractivity contribution < 1.29 is 4.79 Å². The lowest BCUT2D eigenvalue weighted by Crippen LogP contribution is -2.31. The highest BCUT2D eigenvalue weighted by atomic mass is 16.2. The van der Waals surface area contributed by atoms with Crippen molar-refractivity contribution in [3.63, 3.8) is 0 Å². The molecule has 0 aliphatic rings. The fourth-order valence-corrected chi connectivity index (χ4v) is 1.78. The number of hydrazine groups is 1. The SMILES string of the molecule is CN(C)CCCN(C)Cc1cccc(C(=O)NN)n1. The molecule has 1 rings (SSSR count). The maximum atomic E-state index is 11.4. The van der Waals surface area contributed by atoms with Gasteiger partial charge in [0.25, 0.3) is 5.91 Å². The van der Waals surface area contributed by atoms with Crippen LogP contribution in [0.2, 0.25) is 0 Å². The Balaban J connectivity index is 2.50. The van der Waals surface area contributed by atoms with Gasteiger partial charge >= 0.3 is 0 Å². The van der Waals surface area contributed by atoms with Gasteiger partial charge in [0.1, 0.15) is 5.69 Å². The number of hydrogen-bond donors (Lipinski definition) is 2. The number of rotatable bonds is 7. The minimum atomic E-state index is -0.364. The summed E-state index contributed by atoms with van der Waals surface area (Å²) in [6.45, 7) is 2.78. The molecule has 0 saturated heterocycles. The van der Waals surface area contributed by atoms with E-state index in [4.69, 9.17) is 5.84 Å². The van der Waals surface area contributed by atoms with Crippen LogP contribution in [0.3, 0.4) is 0 Å². The molecule has 0 saturated carbocycles. The second-order valence-electron chi connectivity index (χ2n) is 4.88. The number of carbonyl (C=O) groups excluding carboxylic acids is 1. The molecule has 19 heavy (non-hydrogen) atoms. The van der Waals surface area contributed by atoms with Crippen LogP contribution in [-0.2, 0) is 6.54 Å². The van der Waals surface area contributed by atoms with Crippen molar-refractivity contribution in [3.8, 4) is 0 Å². The summed E-state index contributed by atoms with van der Waals surface area (Å²) >= 11 is 0. The Morgan fingerprint density at radius 2 is 2.05 bits per heavy atom. The molecule has 0 aliphatic carbocycles. The van der Waals surface area contributed by atoms with Gasteiger partial charge in [-0.3, -0.25) is 10.2 Å². The van der Waals surface area contributed by atoms with E-state index in [1.165, 1.54) is 0 Å². The summed E-state index contributed by atoms with van der Waals surface area (Å²) in [6.07, 6.45) is 1.10. The Labute approximate surface area is 114 Å². The first-order chi connectivity index (χ1) is 9.02. The van der Waals surface area contributed by atoms with Crippen molar-refractivity contribution in [1.82, 2.24) is 20.2 Å². The molecular formula is C13H23N5O. The van der Waals surface area contributed by atoms with Crippen LogP contribution in [0.5, 0.6) is 0 Å². The van der Waals surface area contributed by atoms with Crippen LogP contribution in [0.25, 0.3) is 0 Å². The smallest absolute Gasteiger partial charge is 0.283 e. The zero-order valence-corrected chi connectivity index (χ0v) is 11.9. The summed E-state index contributed by atoms with van der Waals surface area (Å²) < 4.78 is 0. The molecule has 106 valence electrons. The van der Waals surface area contributed by atoms with Crippen LogP contribution in [-0.4, -0.2) is 54.9 Å². The first-order valence-corrected chi connectivity index (χ1v) is 6.33. The zero-order chi connectivity index (χ0) is 14.3. The number of amides is 1. The lowest BCUT2D eigenvalue weighted by Gasteiger charge is -2.17. The van der Waals surface area contributed by atoms with E-state index in [2.05, 4.69) is 34.3 Å². The molecule has 1 amide bonds. The van der Waals surface area contributed by atoms with E-state index in [1.807, 2.05) is 19.2 Å². The number of nitrogens with one attached hydrogen (secondary N) is 1. The largest absolute Gasteiger partial charge is 0.309 e. The maximum Gasteiger partial charge on any atom is 0.283 e. The van der Waals surface area contributed by atoms with Crippen LogP contribution in [0.1, 0.15) is 22.6 Å². The maximum absolute atomic E-state index is 11.4. The number of hydrogen-bond acceptors (Lipinski definition) is 5. The summed E-state index contributed by atoms with van der Waals surface area (Å²) in [7, 11) is 6.18. The van der Waals surface area contributed by atoms with Crippen LogP contribution in [0.4, 0.5) is 0 Å². The monoisotopic (exact) mass is 265 g/mol. The van der Waals surface area contributed by atoms with Gasteiger partial charge in [-0.25, -0.2) is 10.8 Å². The third kappa shape index (κ3) is 5.78. The van der Waals surface area contributed by atoms with Gasteiger partial charge in [0.05, 0.1) is 5.69 Å². The molecule has 3 N–H and O–H groups in total. The van der Waals surface area contributed by atoms with Crippen molar-refractivity contribution in [2.75, 3.05) is 34.2 Å². The predicted molar refractivity (Wildman–Crippen MR) is 75.4 cm³/mol. The molecule has 0 atom stereocenters. The first kappa shape index (κ1) is 15.6. The van der Waals surface area contributed by atoms with Crippen LogP contribution in [0, 0.1) is 0 Å². The molecule has 0 aromatic carbocycles. The summed E-state index contributed by atoms with van der Waals surface area (Å²) in [5, 5.41) is 0. The van der Waals surface area contributed by atoms with E-state index in [1.54, 1.807) is 6.07 Å². The van der Waals surface area contributed by atoms with E-state index >= 15 is 0 Å². The number of aromatic nitrogens is 1. The van der Waals surface area contributed by atoms with Crippen molar-refractivity contribution in [2.45, 2.75) is 13.0 Å². The van der Waals surface area contributed by atoms with Gasteiger partial charge in [-0.05, 0) is 52.8 Å². The molecule has 0 bridgehead atoms. The van der Waals surface area contributed by atoms with E-state index < -0.39 is 0 Å². The molecule has 6 nitrogen and oxygen atoms in total. The normalized spacial score (nSPS) is 11.1. The average molecular weight is 265 g/mol. The summed E-state index contributed by atoms with van der Waals surface area (Å²) in [4.78, 5) is 20.0. The zero-order valence-electron chi connectivity index (χ0n) is 11.9. The van der Waals surface area contributed by atoms with Gasteiger partial charge in [-0.1, -0.05) is 6.07 Å². The topological polar surface area (TPSA) is 74.5 Å². The summed E-state index contributed by atoms with van der Waals surface area (Å²) in [6, 6.07) is 5.38. The minimum Gasteiger partial charge on any atom is -0.309 e. The fraction of sp³-hybridized carbons (Fsp3) is 0.538. The predicted octanol–water partition coefficient (Wildman–Crippen LogP) is 0.0686. The van der Waals surface area contributed by atoms with Gasteiger partial charge in [0, 0.05) is 6.54 Å². The highest BCUT2D eigenvalue weighted by Gasteiger charge is 2.07. The molecule has 0 spiro atoms. The van der Waals surface area contributed by atoms with E-state index in [0.29, 0.717) is 5.69 Å². The quantitative estimate of drug-likeness (QED) is 0.414. The average Bonchev–Trinajstić information content (AvgIpc) is 2.37. The lowest BCUT2D eigenvalue weighted by atomic mass is 10.2. The number of pyridine rings is 1. The third-order valence-electron chi connectivity index (χ3n) is 2.75. The molecule has 1 heterocycles. The van der Waals surface area contributed by atoms with Gasteiger partial charge in [-0.2, -0.15) is 0 Å². The van der Waals surface area contributed by atoms with Crippen LogP contribution < -0.4 is 11.3 Å². The van der Waals surface area contributed by atoms with Gasteiger partial charge in [0.2, 0.25) is 0 Å². The van der Waals surface area contributed by atoms with Crippen molar-refractivity contribution >= 4 is 5.91 Å². The second kappa shape index (κ2) is 7.83. The molecular weight excluding hydrogens is 242 g/mol. The van der Waals surface area contributed by atoms with E-state index in [0.717, 1.165) is 31.7 Å². The molecule has 0 aliphatic heterocycles. The Bertz CT molecular complexity index is 408. The molecule has 6 heteroatoms. The Kier molecular flexibility index (Phi) is 6.41. The molecule has 1 aromatic heterocycles. The number of nitrogens with two attached hydrogens (primary N) is 1. The molecule has 0 unspecified atom stereocenters. The Morgan fingerprint density at radius 1 is 1.32 bits per heavy atom. The highest BCUT2D eigenvalue weighted by molar-refractivity contribution is 5.91. The minimum absolute atomic E-state index is 0.349. The molecule has 1 aromatic rings. The number of carbonyl (C=O) groups is 1. The van der Waals surface area contributed by atoms with Crippen molar-refractivity contribution in [3.05, 3.63) is 29.6 Å². The van der Waals surface area contributed by atoms with Crippen molar-refractivity contribution in [2.24, 2.45) is 5.84 Å². The van der Waals surface area contributed by atoms with E-state index in [9.17, 15) is 4.79 Å². The first-order valence-electron chi connectivity index (χ1n) is 6.33. The molecule has 0 fully saturated rings. The lowest BCUT2D eigenvalue weighted by molar-refractivity contribution is 0.0948. The second-order valence-corrected chi connectivity index (χ2v) is 4.88. The fourth-order valence-electron chi connectivity index (χ4n) is 1.78. The summed E-state index contributed by atoms with van der Waals surface area (Å²) in [5.74, 6) is 4.73. The number of nitrogens with zero attached hydrogens (tertiary/aromatic N) is 3. The standard InChI is InChI=1S/C13H23N5O/c1-17(2)8-5-9-18(3)10-11-6-4-7-12(15-11)13(19)16-14/h4,6-7H,5,8-10,14H2,1-3H3,(H,16,19). The van der Waals surface area contributed by atoms with Crippen LogP contribution >= 0.6 is 0 Å². The number of nitrogen functional groups attached to an aromatic ring is 1. The van der Waals surface area contributed by atoms with Gasteiger partial charge < -0.3 is 9.80 Å². The van der Waals surface area contributed by atoms with Gasteiger partial charge in [-0.15, -0.1) is 0 Å².